The van der Waals surface area contributed by atoms with Gasteiger partial charge in [-0.2, -0.15) is 5.11 Å². The molecule has 38 valence electrons. The fourth-order valence-electron chi connectivity index (χ4n) is 0.412. The molecule has 1 atom stereocenters. The SMILES string of the molecule is C[C@@H]1C=C(Cl)N=N1. The number of nitrogens with zero attached hydrogens (tertiary/aromatic N) is 2. The second-order valence-electron chi connectivity index (χ2n) is 1.45. The molecular weight excluding hydrogens is 112 g/mol. The predicted molar refractivity (Wildman–Crippen MR) is 28.3 cm³/mol. The van der Waals surface area contributed by atoms with Gasteiger partial charge in [0, 0.05) is 0 Å². The van der Waals surface area contributed by atoms with Crippen LogP contribution in [0.4, 0.5) is 0 Å². The summed E-state index contributed by atoms with van der Waals surface area (Å²) >= 11 is 5.41. The predicted octanol–water partition coefficient (Wildman–Crippen LogP) is 1.92. The largest absolute Gasteiger partial charge is 0.180 e. The van der Waals surface area contributed by atoms with E-state index in [4.69, 9.17) is 11.6 Å². The highest BCUT2D eigenvalue weighted by molar-refractivity contribution is 6.29. The molecule has 0 saturated heterocycles. The maximum atomic E-state index is 5.41. The van der Waals surface area contributed by atoms with Crippen LogP contribution in [0, 0.1) is 0 Å². The molecule has 0 aliphatic carbocycles. The van der Waals surface area contributed by atoms with Gasteiger partial charge in [-0.05, 0) is 13.0 Å². The van der Waals surface area contributed by atoms with Gasteiger partial charge < -0.3 is 0 Å². The molecule has 1 heterocycles. The molecule has 0 bridgehead atoms. The van der Waals surface area contributed by atoms with Gasteiger partial charge in [-0.15, -0.1) is 5.11 Å². The molecule has 0 aromatic carbocycles. The summed E-state index contributed by atoms with van der Waals surface area (Å²) in [5, 5.41) is 7.79. The lowest BCUT2D eigenvalue weighted by Crippen LogP contribution is -1.82. The standard InChI is InChI=1S/C4H5ClN2/c1-3-2-4(5)7-6-3/h2-3H,1H3/t3-/m1/s1. The Balaban J connectivity index is 2.69. The normalized spacial score (nSPS) is 28.3. The molecule has 1 aliphatic heterocycles. The average molecular weight is 117 g/mol. The van der Waals surface area contributed by atoms with Gasteiger partial charge in [0.1, 0.15) is 5.16 Å². The van der Waals surface area contributed by atoms with E-state index >= 15 is 0 Å². The van der Waals surface area contributed by atoms with Crippen LogP contribution in [0.3, 0.4) is 0 Å². The number of hydrogen-bond acceptors (Lipinski definition) is 2. The highest BCUT2D eigenvalue weighted by Crippen LogP contribution is 2.14. The van der Waals surface area contributed by atoms with Crippen molar-refractivity contribution in [2.45, 2.75) is 13.0 Å². The molecule has 0 aromatic heterocycles. The zero-order chi connectivity index (χ0) is 5.28. The first-order chi connectivity index (χ1) is 3.29. The summed E-state index contributed by atoms with van der Waals surface area (Å²) in [5.41, 5.74) is 0. The first-order valence-electron chi connectivity index (χ1n) is 2.07. The Morgan fingerprint density at radius 2 is 2.57 bits per heavy atom. The third kappa shape index (κ3) is 0.996. The van der Waals surface area contributed by atoms with Crippen molar-refractivity contribution in [1.29, 1.82) is 0 Å². The van der Waals surface area contributed by atoms with Crippen LogP contribution >= 0.6 is 11.6 Å². The zero-order valence-corrected chi connectivity index (χ0v) is 4.68. The highest BCUT2D eigenvalue weighted by atomic mass is 35.5. The van der Waals surface area contributed by atoms with Gasteiger partial charge in [0.25, 0.3) is 0 Å². The van der Waals surface area contributed by atoms with Crippen molar-refractivity contribution in [3.8, 4) is 0 Å². The van der Waals surface area contributed by atoms with Crippen molar-refractivity contribution in [2.24, 2.45) is 10.2 Å². The lowest BCUT2D eigenvalue weighted by Gasteiger charge is -1.80. The molecule has 3 heteroatoms. The summed E-state index contributed by atoms with van der Waals surface area (Å²) in [6.07, 6.45) is 1.79. The third-order valence-electron chi connectivity index (χ3n) is 0.714. The first kappa shape index (κ1) is 4.78. The Morgan fingerprint density at radius 3 is 2.71 bits per heavy atom. The minimum absolute atomic E-state index is 0.187. The molecule has 7 heavy (non-hydrogen) atoms. The van der Waals surface area contributed by atoms with Crippen LogP contribution in [0.15, 0.2) is 21.5 Å². The van der Waals surface area contributed by atoms with Crippen molar-refractivity contribution in [3.63, 3.8) is 0 Å². The molecule has 0 unspecified atom stereocenters. The highest BCUT2D eigenvalue weighted by Gasteiger charge is 2.02. The second kappa shape index (κ2) is 1.62. The van der Waals surface area contributed by atoms with E-state index in [-0.39, 0.29) is 6.04 Å². The van der Waals surface area contributed by atoms with E-state index in [0.717, 1.165) is 0 Å². The minimum Gasteiger partial charge on any atom is -0.180 e. The Hall–Kier alpha value is -0.370. The van der Waals surface area contributed by atoms with Crippen molar-refractivity contribution in [3.05, 3.63) is 11.2 Å². The van der Waals surface area contributed by atoms with Gasteiger partial charge in [0.15, 0.2) is 0 Å². The maximum Gasteiger partial charge on any atom is 0.149 e. The van der Waals surface area contributed by atoms with Crippen molar-refractivity contribution < 1.29 is 0 Å². The Kier molecular flexibility index (Phi) is 1.11. The molecule has 0 radical (unpaired) electrons. The first-order valence-corrected chi connectivity index (χ1v) is 2.45. The molecule has 1 rings (SSSR count). The van der Waals surface area contributed by atoms with Gasteiger partial charge in [0.2, 0.25) is 0 Å². The summed E-state index contributed by atoms with van der Waals surface area (Å²) in [6, 6.07) is 0.187. The summed E-state index contributed by atoms with van der Waals surface area (Å²) in [6.45, 7) is 1.93. The summed E-state index contributed by atoms with van der Waals surface area (Å²) in [4.78, 5) is 0. The molecular formula is C4H5ClN2. The number of rotatable bonds is 0. The monoisotopic (exact) mass is 116 g/mol. The Labute approximate surface area is 46.9 Å². The Morgan fingerprint density at radius 1 is 1.86 bits per heavy atom. The van der Waals surface area contributed by atoms with Crippen molar-refractivity contribution >= 4 is 11.6 Å². The van der Waals surface area contributed by atoms with E-state index in [1.807, 2.05) is 6.92 Å². The van der Waals surface area contributed by atoms with E-state index < -0.39 is 0 Å². The smallest absolute Gasteiger partial charge is 0.149 e. The maximum absolute atomic E-state index is 5.41. The fourth-order valence-corrected chi connectivity index (χ4v) is 0.638. The van der Waals surface area contributed by atoms with Crippen molar-refractivity contribution in [2.75, 3.05) is 0 Å². The fraction of sp³-hybridized carbons (Fsp3) is 0.500. The van der Waals surface area contributed by atoms with E-state index in [9.17, 15) is 0 Å². The molecule has 0 aromatic rings. The lowest BCUT2D eigenvalue weighted by molar-refractivity contribution is 0.894. The summed E-state index contributed by atoms with van der Waals surface area (Å²) < 4.78 is 0. The molecule has 0 N–H and O–H groups in total. The minimum atomic E-state index is 0.187. The van der Waals surface area contributed by atoms with Gasteiger partial charge in [0.05, 0.1) is 6.04 Å². The lowest BCUT2D eigenvalue weighted by atomic mass is 10.4. The van der Waals surface area contributed by atoms with E-state index in [0.29, 0.717) is 5.16 Å². The summed E-state index contributed by atoms with van der Waals surface area (Å²) in [5.74, 6) is 0. The van der Waals surface area contributed by atoms with Gasteiger partial charge in [-0.25, -0.2) is 0 Å². The number of azo groups is 1. The van der Waals surface area contributed by atoms with Crippen LogP contribution in [0.1, 0.15) is 6.92 Å². The average Bonchev–Trinajstić information content (AvgIpc) is 1.87. The third-order valence-corrected chi connectivity index (χ3v) is 0.916. The number of halogens is 1. The molecule has 1 aliphatic rings. The van der Waals surface area contributed by atoms with Crippen LogP contribution in [0.25, 0.3) is 0 Å². The molecule has 0 amide bonds. The van der Waals surface area contributed by atoms with Crippen LogP contribution in [-0.4, -0.2) is 6.04 Å². The van der Waals surface area contributed by atoms with Gasteiger partial charge in [-0.3, -0.25) is 0 Å². The number of hydrogen-bond donors (Lipinski definition) is 0. The molecule has 2 nitrogen and oxygen atoms in total. The quantitative estimate of drug-likeness (QED) is 0.432. The van der Waals surface area contributed by atoms with E-state index in [1.165, 1.54) is 0 Å². The topological polar surface area (TPSA) is 24.7 Å². The summed E-state index contributed by atoms with van der Waals surface area (Å²) in [7, 11) is 0. The zero-order valence-electron chi connectivity index (χ0n) is 3.93. The second-order valence-corrected chi connectivity index (χ2v) is 1.83. The van der Waals surface area contributed by atoms with Gasteiger partial charge >= 0.3 is 0 Å². The van der Waals surface area contributed by atoms with Crippen LogP contribution in [0.5, 0.6) is 0 Å². The molecule has 0 spiro atoms. The van der Waals surface area contributed by atoms with Crippen LogP contribution in [-0.2, 0) is 0 Å². The van der Waals surface area contributed by atoms with Gasteiger partial charge in [-0.1, -0.05) is 11.6 Å². The van der Waals surface area contributed by atoms with Crippen LogP contribution < -0.4 is 0 Å². The van der Waals surface area contributed by atoms with Crippen LogP contribution in [0.2, 0.25) is 0 Å². The van der Waals surface area contributed by atoms with E-state index in [1.54, 1.807) is 6.08 Å². The molecule has 0 fully saturated rings. The molecule has 0 saturated carbocycles. The van der Waals surface area contributed by atoms with E-state index in [2.05, 4.69) is 10.2 Å². The Bertz CT molecular complexity index is 128. The van der Waals surface area contributed by atoms with Crippen molar-refractivity contribution in [1.82, 2.24) is 0 Å².